The maximum absolute atomic E-state index is 12.0. The number of aromatic amines is 1. The molecule has 0 aliphatic rings. The minimum absolute atomic E-state index is 0.00795. The third kappa shape index (κ3) is 4.30. The summed E-state index contributed by atoms with van der Waals surface area (Å²) in [6.07, 6.45) is 0.683. The highest BCUT2D eigenvalue weighted by atomic mass is 16.2. The van der Waals surface area contributed by atoms with Crippen LogP contribution in [0.15, 0.2) is 18.2 Å². The van der Waals surface area contributed by atoms with E-state index in [4.69, 9.17) is 0 Å². The highest BCUT2D eigenvalue weighted by Crippen LogP contribution is 2.12. The number of hydrogen-bond acceptors (Lipinski definition) is 3. The third-order valence-electron chi connectivity index (χ3n) is 3.13. The maximum atomic E-state index is 12.0. The number of H-pyrrole nitrogens is 1. The molecule has 0 aliphatic heterocycles. The van der Waals surface area contributed by atoms with Crippen LogP contribution in [0.25, 0.3) is 0 Å². The van der Waals surface area contributed by atoms with E-state index in [9.17, 15) is 4.79 Å². The van der Waals surface area contributed by atoms with Crippen molar-refractivity contribution in [3.63, 3.8) is 0 Å². The second-order valence-corrected chi connectivity index (χ2v) is 5.33. The zero-order valence-corrected chi connectivity index (χ0v) is 12.8. The predicted octanol–water partition coefficient (Wildman–Crippen LogP) is 2.48. The van der Waals surface area contributed by atoms with E-state index in [0.29, 0.717) is 6.42 Å². The molecule has 2 aromatic rings. The number of pyridine rings is 1. The van der Waals surface area contributed by atoms with Crippen molar-refractivity contribution < 1.29 is 4.79 Å². The molecule has 1 atom stereocenters. The van der Waals surface area contributed by atoms with Gasteiger partial charge in [0.2, 0.25) is 0 Å². The van der Waals surface area contributed by atoms with Crippen molar-refractivity contribution in [2.75, 3.05) is 5.32 Å². The standard InChI is InChI=1S/C15H21N5O/c1-9-5-6-14(12(4)16-9)18-15(21)17-10(2)7-13-8-11(3)19-20-13/h5-6,8,10H,7H2,1-4H3,(H,19,20)(H2,17,18,21)/t10-/m0/s1. The first-order chi connectivity index (χ1) is 9.94. The number of nitrogens with one attached hydrogen (secondary N) is 3. The lowest BCUT2D eigenvalue weighted by Gasteiger charge is -2.14. The van der Waals surface area contributed by atoms with E-state index < -0.39 is 0 Å². The van der Waals surface area contributed by atoms with Gasteiger partial charge in [-0.05, 0) is 45.9 Å². The fourth-order valence-corrected chi connectivity index (χ4v) is 2.14. The molecule has 0 radical (unpaired) electrons. The van der Waals surface area contributed by atoms with Gasteiger partial charge in [0.15, 0.2) is 0 Å². The normalized spacial score (nSPS) is 12.0. The van der Waals surface area contributed by atoms with Crippen LogP contribution in [0.2, 0.25) is 0 Å². The summed E-state index contributed by atoms with van der Waals surface area (Å²) in [5.41, 5.74) is 4.42. The van der Waals surface area contributed by atoms with Crippen LogP contribution in [0.1, 0.15) is 29.7 Å². The predicted molar refractivity (Wildman–Crippen MR) is 82.4 cm³/mol. The zero-order chi connectivity index (χ0) is 15.4. The van der Waals surface area contributed by atoms with Crippen LogP contribution in [0.3, 0.4) is 0 Å². The summed E-state index contributed by atoms with van der Waals surface area (Å²) in [5.74, 6) is 0. The van der Waals surface area contributed by atoms with Crippen LogP contribution >= 0.6 is 0 Å². The molecule has 2 rings (SSSR count). The van der Waals surface area contributed by atoms with E-state index >= 15 is 0 Å². The molecule has 2 amide bonds. The molecular formula is C15H21N5O. The van der Waals surface area contributed by atoms with Gasteiger partial charge in [0.1, 0.15) is 0 Å². The molecule has 6 nitrogen and oxygen atoms in total. The van der Waals surface area contributed by atoms with Crippen LogP contribution in [-0.2, 0) is 6.42 Å². The number of carbonyl (C=O) groups is 1. The van der Waals surface area contributed by atoms with Gasteiger partial charge >= 0.3 is 6.03 Å². The Bertz CT molecular complexity index is 635. The Labute approximate surface area is 124 Å². The van der Waals surface area contributed by atoms with Gasteiger partial charge in [-0.3, -0.25) is 10.1 Å². The van der Waals surface area contributed by atoms with Gasteiger partial charge in [-0.25, -0.2) is 4.79 Å². The van der Waals surface area contributed by atoms with E-state index in [1.54, 1.807) is 0 Å². The van der Waals surface area contributed by atoms with Gasteiger partial charge in [-0.15, -0.1) is 0 Å². The molecule has 2 heterocycles. The molecule has 0 fully saturated rings. The SMILES string of the molecule is Cc1ccc(NC(=O)N[C@@H](C)Cc2cc(C)[nH]n2)c(C)n1. The van der Waals surface area contributed by atoms with Gasteiger partial charge in [0, 0.05) is 23.9 Å². The summed E-state index contributed by atoms with van der Waals surface area (Å²) < 4.78 is 0. The average molecular weight is 287 g/mol. The summed E-state index contributed by atoms with van der Waals surface area (Å²) in [5, 5.41) is 12.8. The quantitative estimate of drug-likeness (QED) is 0.808. The molecule has 0 spiro atoms. The van der Waals surface area contributed by atoms with Crippen molar-refractivity contribution in [1.82, 2.24) is 20.5 Å². The molecule has 0 saturated carbocycles. The van der Waals surface area contributed by atoms with Crippen molar-refractivity contribution in [2.45, 2.75) is 40.2 Å². The lowest BCUT2D eigenvalue weighted by molar-refractivity contribution is 0.249. The first-order valence-electron chi connectivity index (χ1n) is 6.96. The Hall–Kier alpha value is -2.37. The maximum Gasteiger partial charge on any atom is 0.319 e. The molecule has 2 aromatic heterocycles. The monoisotopic (exact) mass is 287 g/mol. The fourth-order valence-electron chi connectivity index (χ4n) is 2.14. The number of anilines is 1. The minimum Gasteiger partial charge on any atom is -0.335 e. The van der Waals surface area contributed by atoms with Crippen LogP contribution in [0, 0.1) is 20.8 Å². The van der Waals surface area contributed by atoms with Crippen molar-refractivity contribution in [2.24, 2.45) is 0 Å². The molecule has 6 heteroatoms. The smallest absolute Gasteiger partial charge is 0.319 e. The first kappa shape index (κ1) is 15.0. The topological polar surface area (TPSA) is 82.7 Å². The minimum atomic E-state index is -0.233. The van der Waals surface area contributed by atoms with Crippen LogP contribution in [0.4, 0.5) is 10.5 Å². The largest absolute Gasteiger partial charge is 0.335 e. The van der Waals surface area contributed by atoms with Crippen molar-refractivity contribution in [3.8, 4) is 0 Å². The molecule has 0 unspecified atom stereocenters. The number of amides is 2. The molecule has 0 aromatic carbocycles. The number of aryl methyl sites for hydroxylation is 3. The van der Waals surface area contributed by atoms with E-state index in [0.717, 1.165) is 28.5 Å². The van der Waals surface area contributed by atoms with Gasteiger partial charge in [-0.1, -0.05) is 0 Å². The molecule has 0 saturated heterocycles. The van der Waals surface area contributed by atoms with Gasteiger partial charge in [0.05, 0.1) is 17.1 Å². The van der Waals surface area contributed by atoms with Crippen LogP contribution in [-0.4, -0.2) is 27.3 Å². The number of carbonyl (C=O) groups excluding carboxylic acids is 1. The van der Waals surface area contributed by atoms with Crippen molar-refractivity contribution in [1.29, 1.82) is 0 Å². The Morgan fingerprint density at radius 3 is 2.71 bits per heavy atom. The molecule has 0 aliphatic carbocycles. The highest BCUT2D eigenvalue weighted by Gasteiger charge is 2.11. The number of aromatic nitrogens is 3. The number of rotatable bonds is 4. The second-order valence-electron chi connectivity index (χ2n) is 5.33. The number of hydrogen-bond donors (Lipinski definition) is 3. The van der Waals surface area contributed by atoms with E-state index in [1.807, 2.05) is 45.9 Å². The zero-order valence-electron chi connectivity index (χ0n) is 12.8. The average Bonchev–Trinajstić information content (AvgIpc) is 2.78. The van der Waals surface area contributed by atoms with Crippen LogP contribution < -0.4 is 10.6 Å². The second kappa shape index (κ2) is 6.39. The van der Waals surface area contributed by atoms with Crippen molar-refractivity contribution in [3.05, 3.63) is 41.0 Å². The molecular weight excluding hydrogens is 266 g/mol. The van der Waals surface area contributed by atoms with Gasteiger partial charge in [-0.2, -0.15) is 5.10 Å². The number of nitrogens with zero attached hydrogens (tertiary/aromatic N) is 2. The van der Waals surface area contributed by atoms with E-state index in [1.165, 1.54) is 0 Å². The third-order valence-corrected chi connectivity index (χ3v) is 3.13. The molecule has 21 heavy (non-hydrogen) atoms. The summed E-state index contributed by atoms with van der Waals surface area (Å²) in [6.45, 7) is 7.70. The Balaban J connectivity index is 1.89. The molecule has 3 N–H and O–H groups in total. The Morgan fingerprint density at radius 2 is 2.10 bits per heavy atom. The summed E-state index contributed by atoms with van der Waals surface area (Å²) in [6, 6.07) is 5.47. The first-order valence-corrected chi connectivity index (χ1v) is 6.96. The lowest BCUT2D eigenvalue weighted by atomic mass is 10.2. The summed E-state index contributed by atoms with van der Waals surface area (Å²) in [7, 11) is 0. The lowest BCUT2D eigenvalue weighted by Crippen LogP contribution is -2.37. The van der Waals surface area contributed by atoms with Crippen LogP contribution in [0.5, 0.6) is 0 Å². The highest BCUT2D eigenvalue weighted by molar-refractivity contribution is 5.89. The molecule has 0 bridgehead atoms. The van der Waals surface area contributed by atoms with Gasteiger partial charge in [0.25, 0.3) is 0 Å². The Kier molecular flexibility index (Phi) is 4.57. The van der Waals surface area contributed by atoms with Crippen molar-refractivity contribution >= 4 is 11.7 Å². The number of urea groups is 1. The Morgan fingerprint density at radius 1 is 1.33 bits per heavy atom. The van der Waals surface area contributed by atoms with E-state index in [-0.39, 0.29) is 12.1 Å². The van der Waals surface area contributed by atoms with Gasteiger partial charge < -0.3 is 10.6 Å². The van der Waals surface area contributed by atoms with E-state index in [2.05, 4.69) is 25.8 Å². The summed E-state index contributed by atoms with van der Waals surface area (Å²) in [4.78, 5) is 16.3. The fraction of sp³-hybridized carbons (Fsp3) is 0.400. The molecule has 112 valence electrons. The summed E-state index contributed by atoms with van der Waals surface area (Å²) >= 11 is 0.